The molecule has 0 radical (unpaired) electrons. The second-order valence-electron chi connectivity index (χ2n) is 4.81. The van der Waals surface area contributed by atoms with Gasteiger partial charge in [0.2, 0.25) is 0 Å². The zero-order valence-corrected chi connectivity index (χ0v) is 12.5. The van der Waals surface area contributed by atoms with Crippen LogP contribution in [0.25, 0.3) is 11.1 Å². The van der Waals surface area contributed by atoms with Gasteiger partial charge in [-0.15, -0.1) is 0 Å². The maximum Gasteiger partial charge on any atom is 0.337 e. The van der Waals surface area contributed by atoms with Crippen LogP contribution in [0.3, 0.4) is 0 Å². The minimum atomic E-state index is -0.571. The molecule has 0 spiro atoms. The first-order valence-electron chi connectivity index (χ1n) is 6.51. The number of halogens is 1. The van der Waals surface area contributed by atoms with E-state index in [0.29, 0.717) is 11.3 Å². The molecule has 2 aromatic rings. The molecule has 0 bridgehead atoms. The number of ether oxygens (including phenoxy) is 2. The Kier molecular flexibility index (Phi) is 4.26. The normalized spacial score (nSPS) is 10.3. The lowest BCUT2D eigenvalue weighted by Crippen LogP contribution is -2.02. The molecule has 110 valence electrons. The van der Waals surface area contributed by atoms with Crippen LogP contribution in [0.1, 0.15) is 21.5 Å². The molecule has 0 fully saturated rings. The first-order chi connectivity index (χ1) is 9.97. The molecule has 0 aliphatic rings. The summed E-state index contributed by atoms with van der Waals surface area (Å²) in [7, 11) is 2.84. The van der Waals surface area contributed by atoms with E-state index in [1.807, 2.05) is 26.0 Å². The van der Waals surface area contributed by atoms with Crippen molar-refractivity contribution in [2.75, 3.05) is 14.2 Å². The molecule has 0 heterocycles. The molecule has 0 aliphatic heterocycles. The highest BCUT2D eigenvalue weighted by Gasteiger charge is 2.14. The van der Waals surface area contributed by atoms with Gasteiger partial charge in [0.1, 0.15) is 11.6 Å². The summed E-state index contributed by atoms with van der Waals surface area (Å²) in [6.07, 6.45) is 0. The summed E-state index contributed by atoms with van der Waals surface area (Å²) in [5.41, 5.74) is 3.56. The predicted octanol–water partition coefficient (Wildman–Crippen LogP) is 3.90. The second kappa shape index (κ2) is 5.95. The van der Waals surface area contributed by atoms with Crippen LogP contribution in [0.15, 0.2) is 30.3 Å². The SMILES string of the molecule is COC(=O)c1cc(F)cc(-c2ccc(C)c(C)c2OC)c1. The molecule has 4 heteroatoms. The Morgan fingerprint density at radius 3 is 2.43 bits per heavy atom. The average molecular weight is 288 g/mol. The Balaban J connectivity index is 2.65. The predicted molar refractivity (Wildman–Crippen MR) is 79.2 cm³/mol. The van der Waals surface area contributed by atoms with Gasteiger partial charge in [-0.25, -0.2) is 9.18 Å². The maximum atomic E-state index is 13.8. The van der Waals surface area contributed by atoms with Crippen molar-refractivity contribution in [2.24, 2.45) is 0 Å². The van der Waals surface area contributed by atoms with Gasteiger partial charge in [-0.2, -0.15) is 0 Å². The Hall–Kier alpha value is -2.36. The summed E-state index contributed by atoms with van der Waals surface area (Å²) in [6, 6.07) is 7.93. The molecule has 3 nitrogen and oxygen atoms in total. The molecule has 0 amide bonds. The summed E-state index contributed by atoms with van der Waals surface area (Å²) in [6.45, 7) is 3.92. The van der Waals surface area contributed by atoms with E-state index < -0.39 is 11.8 Å². The van der Waals surface area contributed by atoms with Crippen molar-refractivity contribution in [1.29, 1.82) is 0 Å². The minimum Gasteiger partial charge on any atom is -0.496 e. The molecule has 2 rings (SSSR count). The first-order valence-corrected chi connectivity index (χ1v) is 6.51. The highest BCUT2D eigenvalue weighted by Crippen LogP contribution is 2.35. The zero-order chi connectivity index (χ0) is 15.6. The zero-order valence-electron chi connectivity index (χ0n) is 12.5. The van der Waals surface area contributed by atoms with Crippen molar-refractivity contribution >= 4 is 5.97 Å². The van der Waals surface area contributed by atoms with E-state index in [-0.39, 0.29) is 5.56 Å². The number of hydrogen-bond donors (Lipinski definition) is 0. The van der Waals surface area contributed by atoms with E-state index in [0.717, 1.165) is 22.8 Å². The monoisotopic (exact) mass is 288 g/mol. The van der Waals surface area contributed by atoms with Crippen molar-refractivity contribution in [2.45, 2.75) is 13.8 Å². The standard InChI is InChI=1S/C17H17FO3/c1-10-5-6-15(16(20-3)11(10)2)12-7-13(17(19)21-4)9-14(18)8-12/h5-9H,1-4H3. The van der Waals surface area contributed by atoms with Crippen LogP contribution in [0.2, 0.25) is 0 Å². The highest BCUT2D eigenvalue weighted by atomic mass is 19.1. The molecule has 0 aliphatic carbocycles. The van der Waals surface area contributed by atoms with E-state index in [1.165, 1.54) is 13.2 Å². The minimum absolute atomic E-state index is 0.174. The van der Waals surface area contributed by atoms with Crippen LogP contribution >= 0.6 is 0 Å². The first kappa shape index (κ1) is 15.0. The van der Waals surface area contributed by atoms with Gasteiger partial charge in [-0.3, -0.25) is 0 Å². The number of methoxy groups -OCH3 is 2. The molecule has 0 aromatic heterocycles. The van der Waals surface area contributed by atoms with Crippen molar-refractivity contribution in [3.63, 3.8) is 0 Å². The summed E-state index contributed by atoms with van der Waals surface area (Å²) < 4.78 is 23.9. The molecule has 21 heavy (non-hydrogen) atoms. The van der Waals surface area contributed by atoms with E-state index >= 15 is 0 Å². The lowest BCUT2D eigenvalue weighted by Gasteiger charge is -2.14. The van der Waals surface area contributed by atoms with Gasteiger partial charge < -0.3 is 9.47 Å². The molecule has 0 N–H and O–H groups in total. The van der Waals surface area contributed by atoms with Gasteiger partial charge in [-0.1, -0.05) is 12.1 Å². The fourth-order valence-electron chi connectivity index (χ4n) is 2.26. The molecule has 2 aromatic carbocycles. The molecule has 0 atom stereocenters. The lowest BCUT2D eigenvalue weighted by atomic mass is 9.97. The number of rotatable bonds is 3. The summed E-state index contributed by atoms with van der Waals surface area (Å²) in [5, 5.41) is 0. The lowest BCUT2D eigenvalue weighted by molar-refractivity contribution is 0.0600. The second-order valence-corrected chi connectivity index (χ2v) is 4.81. The van der Waals surface area contributed by atoms with E-state index in [9.17, 15) is 9.18 Å². The largest absolute Gasteiger partial charge is 0.496 e. The number of benzene rings is 2. The van der Waals surface area contributed by atoms with Gasteiger partial charge >= 0.3 is 5.97 Å². The summed E-state index contributed by atoms with van der Waals surface area (Å²) >= 11 is 0. The van der Waals surface area contributed by atoms with Crippen molar-refractivity contribution in [1.82, 2.24) is 0 Å². The van der Waals surface area contributed by atoms with Gasteiger partial charge in [0.15, 0.2) is 0 Å². The fourth-order valence-corrected chi connectivity index (χ4v) is 2.26. The van der Waals surface area contributed by atoms with Crippen LogP contribution in [0.4, 0.5) is 4.39 Å². The quantitative estimate of drug-likeness (QED) is 0.803. The summed E-state index contributed by atoms with van der Waals surface area (Å²) in [4.78, 5) is 11.6. The Morgan fingerprint density at radius 2 is 1.81 bits per heavy atom. The fraction of sp³-hybridized carbons (Fsp3) is 0.235. The maximum absolute atomic E-state index is 13.8. The topological polar surface area (TPSA) is 35.5 Å². The Labute approximate surface area is 123 Å². The smallest absolute Gasteiger partial charge is 0.337 e. The third-order valence-electron chi connectivity index (χ3n) is 3.51. The Bertz CT molecular complexity index is 693. The van der Waals surface area contributed by atoms with Crippen LogP contribution in [0.5, 0.6) is 5.75 Å². The van der Waals surface area contributed by atoms with E-state index in [2.05, 4.69) is 4.74 Å². The van der Waals surface area contributed by atoms with Gasteiger partial charge in [-0.05, 0) is 48.7 Å². The highest BCUT2D eigenvalue weighted by molar-refractivity contribution is 5.91. The molecule has 0 saturated carbocycles. The van der Waals surface area contributed by atoms with Crippen molar-refractivity contribution < 1.29 is 18.7 Å². The van der Waals surface area contributed by atoms with Gasteiger partial charge in [0, 0.05) is 5.56 Å². The van der Waals surface area contributed by atoms with Crippen LogP contribution in [0, 0.1) is 19.7 Å². The van der Waals surface area contributed by atoms with E-state index in [4.69, 9.17) is 4.74 Å². The molecule has 0 unspecified atom stereocenters. The number of carbonyl (C=O) groups excluding carboxylic acids is 1. The molecule has 0 saturated heterocycles. The van der Waals surface area contributed by atoms with Gasteiger partial charge in [0.05, 0.1) is 19.8 Å². The van der Waals surface area contributed by atoms with Crippen LogP contribution in [-0.4, -0.2) is 20.2 Å². The third-order valence-corrected chi connectivity index (χ3v) is 3.51. The van der Waals surface area contributed by atoms with Crippen LogP contribution < -0.4 is 4.74 Å². The number of carbonyl (C=O) groups is 1. The molecular formula is C17H17FO3. The van der Waals surface area contributed by atoms with Crippen LogP contribution in [-0.2, 0) is 4.74 Å². The molecular weight excluding hydrogens is 271 g/mol. The Morgan fingerprint density at radius 1 is 1.10 bits per heavy atom. The van der Waals surface area contributed by atoms with E-state index in [1.54, 1.807) is 13.2 Å². The average Bonchev–Trinajstić information content (AvgIpc) is 2.48. The van der Waals surface area contributed by atoms with Crippen molar-refractivity contribution in [3.05, 3.63) is 52.8 Å². The van der Waals surface area contributed by atoms with Gasteiger partial charge in [0.25, 0.3) is 0 Å². The number of hydrogen-bond acceptors (Lipinski definition) is 3. The van der Waals surface area contributed by atoms with Crippen molar-refractivity contribution in [3.8, 4) is 16.9 Å². The number of aryl methyl sites for hydroxylation is 1. The number of esters is 1. The summed E-state index contributed by atoms with van der Waals surface area (Å²) in [5.74, 6) is -0.386. The third kappa shape index (κ3) is 2.89.